The molecule has 1 aliphatic heterocycles. The summed E-state index contributed by atoms with van der Waals surface area (Å²) in [5, 5.41) is 11.8. The Bertz CT molecular complexity index is 795. The zero-order valence-electron chi connectivity index (χ0n) is 14.6. The van der Waals surface area contributed by atoms with Crippen molar-refractivity contribution in [3.05, 3.63) is 29.3 Å². The Labute approximate surface area is 155 Å². The molecule has 1 aromatic carbocycles. The van der Waals surface area contributed by atoms with E-state index in [4.69, 9.17) is 9.47 Å². The number of ether oxygens (including phenoxy) is 2. The fourth-order valence-corrected chi connectivity index (χ4v) is 3.35. The summed E-state index contributed by atoms with van der Waals surface area (Å²) in [5.74, 6) is -0.0950. The summed E-state index contributed by atoms with van der Waals surface area (Å²) >= 11 is 1.27. The highest BCUT2D eigenvalue weighted by molar-refractivity contribution is 7.15. The number of nitrogens with one attached hydrogen (secondary N) is 1. The average Bonchev–Trinajstić information content (AvgIpc) is 3.26. The van der Waals surface area contributed by atoms with Crippen LogP contribution in [0.15, 0.2) is 24.3 Å². The summed E-state index contributed by atoms with van der Waals surface area (Å²) in [6.45, 7) is 3.18. The molecule has 26 heavy (non-hydrogen) atoms. The first-order valence-corrected chi connectivity index (χ1v) is 9.07. The highest BCUT2D eigenvalue weighted by Crippen LogP contribution is 2.28. The van der Waals surface area contributed by atoms with Crippen molar-refractivity contribution in [3.63, 3.8) is 0 Å². The standard InChI is InChI=1S/C17H20N4O4S/c1-3-25-10-14-19-20-17(26-14)18-16(23)11-7-15(22)21(9-11)12-5-4-6-13(8-12)24-2/h4-6,8,11H,3,7,9-10H2,1-2H3,(H,18,20,23)/t11-/m0/s1. The number of aromatic nitrogens is 2. The van der Waals surface area contributed by atoms with Crippen LogP contribution >= 0.6 is 11.3 Å². The maximum absolute atomic E-state index is 12.5. The van der Waals surface area contributed by atoms with Crippen LogP contribution in [-0.2, 0) is 20.9 Å². The largest absolute Gasteiger partial charge is 0.497 e. The minimum absolute atomic E-state index is 0.0901. The summed E-state index contributed by atoms with van der Waals surface area (Å²) in [5.41, 5.74) is 0.722. The van der Waals surface area contributed by atoms with Crippen LogP contribution in [-0.4, -0.2) is 42.3 Å². The van der Waals surface area contributed by atoms with Crippen molar-refractivity contribution in [1.29, 1.82) is 0 Å². The van der Waals surface area contributed by atoms with E-state index < -0.39 is 5.92 Å². The first-order valence-electron chi connectivity index (χ1n) is 8.26. The Morgan fingerprint density at radius 1 is 1.42 bits per heavy atom. The van der Waals surface area contributed by atoms with Crippen LogP contribution in [0, 0.1) is 5.92 Å². The van der Waals surface area contributed by atoms with Gasteiger partial charge in [0, 0.05) is 31.3 Å². The lowest BCUT2D eigenvalue weighted by Gasteiger charge is -2.17. The normalized spacial score (nSPS) is 16.8. The van der Waals surface area contributed by atoms with E-state index in [0.717, 1.165) is 5.69 Å². The minimum Gasteiger partial charge on any atom is -0.497 e. The second kappa shape index (κ2) is 8.24. The van der Waals surface area contributed by atoms with Gasteiger partial charge in [-0.2, -0.15) is 0 Å². The van der Waals surface area contributed by atoms with Crippen LogP contribution in [0.1, 0.15) is 18.4 Å². The summed E-state index contributed by atoms with van der Waals surface area (Å²) < 4.78 is 10.5. The van der Waals surface area contributed by atoms with Crippen LogP contribution in [0.2, 0.25) is 0 Å². The molecule has 8 nitrogen and oxygen atoms in total. The Morgan fingerprint density at radius 2 is 2.27 bits per heavy atom. The number of carbonyl (C=O) groups excluding carboxylic acids is 2. The minimum atomic E-state index is -0.437. The molecule has 0 spiro atoms. The summed E-state index contributed by atoms with van der Waals surface area (Å²) in [7, 11) is 1.57. The van der Waals surface area contributed by atoms with E-state index in [0.29, 0.717) is 35.6 Å². The fraction of sp³-hybridized carbons (Fsp3) is 0.412. The molecule has 1 aliphatic rings. The van der Waals surface area contributed by atoms with Gasteiger partial charge in [0.1, 0.15) is 17.4 Å². The number of methoxy groups -OCH3 is 1. The molecule has 1 atom stereocenters. The number of amides is 2. The van der Waals surface area contributed by atoms with Gasteiger partial charge in [-0.05, 0) is 19.1 Å². The van der Waals surface area contributed by atoms with Crippen molar-refractivity contribution < 1.29 is 19.1 Å². The third-order valence-corrected chi connectivity index (χ3v) is 4.80. The Hall–Kier alpha value is -2.52. The van der Waals surface area contributed by atoms with E-state index in [9.17, 15) is 9.59 Å². The average molecular weight is 376 g/mol. The lowest BCUT2D eigenvalue weighted by atomic mass is 10.1. The quantitative estimate of drug-likeness (QED) is 0.795. The summed E-state index contributed by atoms with van der Waals surface area (Å²) in [6, 6.07) is 7.23. The molecular weight excluding hydrogens is 356 g/mol. The Morgan fingerprint density at radius 3 is 3.04 bits per heavy atom. The van der Waals surface area contributed by atoms with Crippen LogP contribution in [0.25, 0.3) is 0 Å². The number of hydrogen-bond donors (Lipinski definition) is 1. The molecule has 0 saturated carbocycles. The predicted octanol–water partition coefficient (Wildman–Crippen LogP) is 2.07. The van der Waals surface area contributed by atoms with Gasteiger partial charge in [-0.15, -0.1) is 10.2 Å². The van der Waals surface area contributed by atoms with Crippen LogP contribution in [0.5, 0.6) is 5.75 Å². The molecule has 0 aliphatic carbocycles. The van der Waals surface area contributed by atoms with Gasteiger partial charge in [0.2, 0.25) is 16.9 Å². The Balaban J connectivity index is 1.62. The monoisotopic (exact) mass is 376 g/mol. The molecule has 138 valence electrons. The van der Waals surface area contributed by atoms with E-state index in [1.807, 2.05) is 25.1 Å². The summed E-state index contributed by atoms with van der Waals surface area (Å²) in [4.78, 5) is 26.4. The smallest absolute Gasteiger partial charge is 0.231 e. The van der Waals surface area contributed by atoms with E-state index in [2.05, 4.69) is 15.5 Å². The van der Waals surface area contributed by atoms with E-state index in [1.54, 1.807) is 18.1 Å². The van der Waals surface area contributed by atoms with Gasteiger partial charge < -0.3 is 19.7 Å². The number of rotatable bonds is 7. The molecule has 2 heterocycles. The molecule has 0 radical (unpaired) electrons. The zero-order chi connectivity index (χ0) is 18.5. The van der Waals surface area contributed by atoms with Crippen molar-refractivity contribution in [2.45, 2.75) is 20.0 Å². The second-order valence-electron chi connectivity index (χ2n) is 5.73. The van der Waals surface area contributed by atoms with E-state index in [1.165, 1.54) is 11.3 Å². The van der Waals surface area contributed by atoms with Crippen LogP contribution < -0.4 is 15.0 Å². The third-order valence-electron chi connectivity index (χ3n) is 3.99. The summed E-state index contributed by atoms with van der Waals surface area (Å²) in [6.07, 6.45) is 0.160. The maximum Gasteiger partial charge on any atom is 0.231 e. The SMILES string of the molecule is CCOCc1nnc(NC(=O)[C@H]2CC(=O)N(c3cccc(OC)c3)C2)s1. The maximum atomic E-state index is 12.5. The number of carbonyl (C=O) groups is 2. The molecule has 2 aromatic rings. The first-order chi connectivity index (χ1) is 12.6. The molecular formula is C17H20N4O4S. The van der Waals surface area contributed by atoms with Gasteiger partial charge in [-0.25, -0.2) is 0 Å². The van der Waals surface area contributed by atoms with Gasteiger partial charge in [-0.1, -0.05) is 17.4 Å². The van der Waals surface area contributed by atoms with E-state index in [-0.39, 0.29) is 18.2 Å². The fourth-order valence-electron chi connectivity index (χ4n) is 2.67. The molecule has 1 saturated heterocycles. The molecule has 3 rings (SSSR count). The van der Waals surface area contributed by atoms with Gasteiger partial charge in [0.25, 0.3) is 0 Å². The van der Waals surface area contributed by atoms with Crippen molar-refractivity contribution in [2.75, 3.05) is 30.5 Å². The number of nitrogens with zero attached hydrogens (tertiary/aromatic N) is 3. The molecule has 1 aromatic heterocycles. The molecule has 2 amide bonds. The van der Waals surface area contributed by atoms with Crippen molar-refractivity contribution in [3.8, 4) is 5.75 Å². The number of hydrogen-bond acceptors (Lipinski definition) is 7. The highest BCUT2D eigenvalue weighted by Gasteiger charge is 2.35. The molecule has 1 N–H and O–H groups in total. The van der Waals surface area contributed by atoms with Crippen LogP contribution in [0.3, 0.4) is 0 Å². The van der Waals surface area contributed by atoms with Gasteiger partial charge in [-0.3, -0.25) is 9.59 Å². The first kappa shape index (κ1) is 18.3. The molecule has 9 heteroatoms. The van der Waals surface area contributed by atoms with Gasteiger partial charge >= 0.3 is 0 Å². The van der Waals surface area contributed by atoms with Crippen molar-refractivity contribution in [2.24, 2.45) is 5.92 Å². The van der Waals surface area contributed by atoms with Gasteiger partial charge in [0.15, 0.2) is 0 Å². The second-order valence-corrected chi connectivity index (χ2v) is 6.80. The zero-order valence-corrected chi connectivity index (χ0v) is 15.4. The van der Waals surface area contributed by atoms with Crippen molar-refractivity contribution >= 4 is 34.0 Å². The highest BCUT2D eigenvalue weighted by atomic mass is 32.1. The Kier molecular flexibility index (Phi) is 5.79. The van der Waals surface area contributed by atoms with Crippen molar-refractivity contribution in [1.82, 2.24) is 10.2 Å². The molecule has 1 fully saturated rings. The third kappa shape index (κ3) is 4.17. The number of anilines is 2. The van der Waals surface area contributed by atoms with E-state index >= 15 is 0 Å². The lowest BCUT2D eigenvalue weighted by molar-refractivity contribution is -0.122. The lowest BCUT2D eigenvalue weighted by Crippen LogP contribution is -2.28. The van der Waals surface area contributed by atoms with Gasteiger partial charge in [0.05, 0.1) is 13.0 Å². The molecule has 0 bridgehead atoms. The van der Waals surface area contributed by atoms with Crippen LogP contribution in [0.4, 0.5) is 10.8 Å². The molecule has 0 unspecified atom stereocenters. The predicted molar refractivity (Wildman–Crippen MR) is 97.3 cm³/mol. The number of benzene rings is 1. The topological polar surface area (TPSA) is 93.7 Å².